The summed E-state index contributed by atoms with van der Waals surface area (Å²) in [6.45, 7) is 0. The first-order valence-corrected chi connectivity index (χ1v) is 8.97. The molecule has 3 N–H and O–H groups in total. The Bertz CT molecular complexity index is 981. The number of nitrogens with one attached hydrogen (secondary N) is 1. The van der Waals surface area contributed by atoms with Crippen molar-refractivity contribution in [2.45, 2.75) is 31.0 Å². The molecule has 1 aliphatic carbocycles. The normalized spacial score (nSPS) is 15.3. The largest absolute Gasteiger partial charge is 0.445 e. The summed E-state index contributed by atoms with van der Waals surface area (Å²) in [5.41, 5.74) is 1.31. The molecule has 1 amide bonds. The molecule has 0 radical (unpaired) electrons. The lowest BCUT2D eigenvalue weighted by atomic mass is 9.79. The summed E-state index contributed by atoms with van der Waals surface area (Å²) in [4.78, 5) is 31.0. The fraction of sp³-hybridized carbons (Fsp3) is 0.294. The van der Waals surface area contributed by atoms with E-state index in [1.54, 1.807) is 0 Å². The van der Waals surface area contributed by atoms with Crippen molar-refractivity contribution in [2.75, 3.05) is 5.32 Å². The smallest absolute Gasteiger partial charge is 0.434 e. The van der Waals surface area contributed by atoms with Gasteiger partial charge in [0, 0.05) is 6.20 Å². The molecule has 0 bridgehead atoms. The van der Waals surface area contributed by atoms with Gasteiger partial charge in [0.25, 0.3) is 5.91 Å². The summed E-state index contributed by atoms with van der Waals surface area (Å²) in [6.07, 6.45) is -3.49. The third-order valence-corrected chi connectivity index (χ3v) is 5.19. The van der Waals surface area contributed by atoms with Crippen LogP contribution in [0.3, 0.4) is 0 Å². The number of halogens is 5. The molecule has 3 rings (SSSR count). The van der Waals surface area contributed by atoms with Crippen LogP contribution >= 0.6 is 23.2 Å². The van der Waals surface area contributed by atoms with Crippen LogP contribution in [0, 0.1) is 0 Å². The van der Waals surface area contributed by atoms with Crippen LogP contribution in [0.2, 0.25) is 10.0 Å². The molecule has 12 heteroatoms. The summed E-state index contributed by atoms with van der Waals surface area (Å²) in [6, 6.07) is 4.47. The van der Waals surface area contributed by atoms with Crippen LogP contribution in [0.25, 0.3) is 0 Å². The van der Waals surface area contributed by atoms with Gasteiger partial charge in [-0.1, -0.05) is 29.3 Å². The molecule has 1 saturated carbocycles. The van der Waals surface area contributed by atoms with Gasteiger partial charge in [-0.3, -0.25) is 4.79 Å². The molecule has 1 aromatic heterocycles. The van der Waals surface area contributed by atoms with Gasteiger partial charge in [-0.25, -0.2) is 14.8 Å². The van der Waals surface area contributed by atoms with Crippen LogP contribution < -0.4 is 11.1 Å². The fourth-order valence-corrected chi connectivity index (χ4v) is 3.01. The lowest BCUT2D eigenvalue weighted by Crippen LogP contribution is -2.52. The Kier molecular flexibility index (Phi) is 5.59. The van der Waals surface area contributed by atoms with E-state index < -0.39 is 40.9 Å². The fourth-order valence-electron chi connectivity index (χ4n) is 2.66. The second-order valence-corrected chi connectivity index (χ2v) is 7.07. The van der Waals surface area contributed by atoms with Gasteiger partial charge in [0.2, 0.25) is 5.95 Å². The van der Waals surface area contributed by atoms with E-state index in [9.17, 15) is 22.8 Å². The topological polar surface area (TPSA) is 107 Å². The molecule has 2 aromatic rings. The first kappa shape index (κ1) is 21.1. The summed E-state index contributed by atoms with van der Waals surface area (Å²) in [7, 11) is 0. The minimum Gasteiger partial charge on any atom is -0.445 e. The number of hydrogen-bond donors (Lipinski definition) is 2. The van der Waals surface area contributed by atoms with E-state index in [0.29, 0.717) is 12.6 Å². The number of aromatic nitrogens is 2. The van der Waals surface area contributed by atoms with E-state index in [1.165, 1.54) is 18.2 Å². The standard InChI is InChI=1S/C17H13Cl2F3N4O3/c18-9-3-1-4-10(11(9)19)25-15-24-7-8(12(26-15)17(20,21)22)13(27)29-16(14(23)28)5-2-6-16/h1,3-4,7H,2,5-6H2,(H2,23,28)(H,24,25,26). The number of primary amides is 1. The number of benzene rings is 1. The highest BCUT2D eigenvalue weighted by Gasteiger charge is 2.48. The van der Waals surface area contributed by atoms with Crippen molar-refractivity contribution in [3.8, 4) is 0 Å². The maximum absolute atomic E-state index is 13.5. The van der Waals surface area contributed by atoms with Gasteiger partial charge in [0.1, 0.15) is 5.56 Å². The first-order chi connectivity index (χ1) is 13.5. The van der Waals surface area contributed by atoms with Crippen LogP contribution in [0.15, 0.2) is 24.4 Å². The van der Waals surface area contributed by atoms with E-state index in [0.717, 1.165) is 0 Å². The molecule has 29 heavy (non-hydrogen) atoms. The van der Waals surface area contributed by atoms with E-state index in [2.05, 4.69) is 15.3 Å². The molecular weight excluding hydrogens is 436 g/mol. The monoisotopic (exact) mass is 448 g/mol. The van der Waals surface area contributed by atoms with Gasteiger partial charge < -0.3 is 15.8 Å². The van der Waals surface area contributed by atoms with Gasteiger partial charge in [-0.05, 0) is 31.4 Å². The molecule has 1 heterocycles. The number of alkyl halides is 3. The number of carbonyl (C=O) groups is 2. The number of rotatable bonds is 5. The Morgan fingerprint density at radius 2 is 1.93 bits per heavy atom. The zero-order valence-electron chi connectivity index (χ0n) is 14.5. The molecule has 7 nitrogen and oxygen atoms in total. The van der Waals surface area contributed by atoms with Crippen LogP contribution in [0.5, 0.6) is 0 Å². The highest BCUT2D eigenvalue weighted by Crippen LogP contribution is 2.38. The van der Waals surface area contributed by atoms with Gasteiger partial charge in [0.15, 0.2) is 11.3 Å². The molecule has 0 aliphatic heterocycles. The number of nitrogens with two attached hydrogens (primary N) is 1. The number of hydrogen-bond acceptors (Lipinski definition) is 6. The van der Waals surface area contributed by atoms with E-state index in [4.69, 9.17) is 33.7 Å². The second-order valence-electron chi connectivity index (χ2n) is 6.28. The average Bonchev–Trinajstić information content (AvgIpc) is 2.60. The molecule has 0 unspecified atom stereocenters. The van der Waals surface area contributed by atoms with Crippen molar-refractivity contribution in [1.29, 1.82) is 0 Å². The number of ether oxygens (including phenoxy) is 1. The Labute approximate surface area is 172 Å². The number of nitrogens with zero attached hydrogens (tertiary/aromatic N) is 2. The van der Waals surface area contributed by atoms with Gasteiger partial charge in [0.05, 0.1) is 15.7 Å². The maximum Gasteiger partial charge on any atom is 0.434 e. The van der Waals surface area contributed by atoms with Crippen molar-refractivity contribution in [1.82, 2.24) is 9.97 Å². The van der Waals surface area contributed by atoms with Crippen molar-refractivity contribution >= 4 is 46.7 Å². The van der Waals surface area contributed by atoms with Crippen molar-refractivity contribution < 1.29 is 27.5 Å². The molecule has 0 spiro atoms. The SMILES string of the molecule is NC(=O)C1(OC(=O)c2cnc(Nc3cccc(Cl)c3Cl)nc2C(F)(F)F)CCC1. The summed E-state index contributed by atoms with van der Waals surface area (Å²) < 4.78 is 45.5. The molecule has 0 saturated heterocycles. The van der Waals surface area contributed by atoms with E-state index >= 15 is 0 Å². The molecular formula is C17H13Cl2F3N4O3. The minimum atomic E-state index is -4.99. The van der Waals surface area contributed by atoms with Crippen molar-refractivity contribution in [3.63, 3.8) is 0 Å². The second kappa shape index (κ2) is 7.68. The molecule has 1 aliphatic rings. The molecule has 154 valence electrons. The minimum absolute atomic E-state index is 0.0585. The predicted octanol–water partition coefficient (Wildman–Crippen LogP) is 4.11. The summed E-state index contributed by atoms with van der Waals surface area (Å²) in [5.74, 6) is -2.77. The Morgan fingerprint density at radius 3 is 2.48 bits per heavy atom. The zero-order valence-corrected chi connectivity index (χ0v) is 16.0. The number of anilines is 2. The van der Waals surface area contributed by atoms with E-state index in [-0.39, 0.29) is 28.6 Å². The maximum atomic E-state index is 13.5. The van der Waals surface area contributed by atoms with Crippen LogP contribution in [-0.2, 0) is 15.7 Å². The zero-order chi connectivity index (χ0) is 21.4. The number of carbonyl (C=O) groups excluding carboxylic acids is 2. The molecule has 1 fully saturated rings. The number of amides is 1. The van der Waals surface area contributed by atoms with Crippen LogP contribution in [-0.4, -0.2) is 27.4 Å². The third-order valence-electron chi connectivity index (χ3n) is 4.37. The van der Waals surface area contributed by atoms with Gasteiger partial charge in [-0.2, -0.15) is 13.2 Å². The van der Waals surface area contributed by atoms with Gasteiger partial charge in [-0.15, -0.1) is 0 Å². The quantitative estimate of drug-likeness (QED) is 0.666. The predicted molar refractivity (Wildman–Crippen MR) is 98.0 cm³/mol. The highest BCUT2D eigenvalue weighted by molar-refractivity contribution is 6.43. The Hall–Kier alpha value is -2.59. The lowest BCUT2D eigenvalue weighted by molar-refractivity contribution is -0.147. The molecule has 1 aromatic carbocycles. The first-order valence-electron chi connectivity index (χ1n) is 8.22. The van der Waals surface area contributed by atoms with Crippen LogP contribution in [0.1, 0.15) is 35.3 Å². The Balaban J connectivity index is 1.93. The lowest BCUT2D eigenvalue weighted by Gasteiger charge is -2.37. The number of esters is 1. The molecule has 0 atom stereocenters. The van der Waals surface area contributed by atoms with Crippen molar-refractivity contribution in [3.05, 3.63) is 45.7 Å². The summed E-state index contributed by atoms with van der Waals surface area (Å²) in [5, 5.41) is 2.75. The van der Waals surface area contributed by atoms with Gasteiger partial charge >= 0.3 is 12.1 Å². The van der Waals surface area contributed by atoms with Crippen LogP contribution in [0.4, 0.5) is 24.8 Å². The van der Waals surface area contributed by atoms with E-state index in [1.807, 2.05) is 0 Å². The summed E-state index contributed by atoms with van der Waals surface area (Å²) >= 11 is 11.9. The van der Waals surface area contributed by atoms with Crippen molar-refractivity contribution in [2.24, 2.45) is 5.73 Å². The highest BCUT2D eigenvalue weighted by atomic mass is 35.5. The Morgan fingerprint density at radius 1 is 1.24 bits per heavy atom. The average molecular weight is 449 g/mol. The third kappa shape index (κ3) is 4.23.